The minimum atomic E-state index is -0.230. The van der Waals surface area contributed by atoms with Crippen LogP contribution in [0.2, 0.25) is 0 Å². The highest BCUT2D eigenvalue weighted by molar-refractivity contribution is 5.87. The number of rotatable bonds is 7. The number of likely N-dealkylation sites (tertiary alicyclic amines) is 1. The average molecular weight is 323 g/mol. The van der Waals surface area contributed by atoms with Crippen molar-refractivity contribution in [3.05, 3.63) is 71.8 Å². The van der Waals surface area contributed by atoms with Crippen molar-refractivity contribution in [2.45, 2.75) is 25.2 Å². The van der Waals surface area contributed by atoms with Crippen molar-refractivity contribution in [3.63, 3.8) is 0 Å². The summed E-state index contributed by atoms with van der Waals surface area (Å²) in [6.45, 7) is 4.52. The predicted molar refractivity (Wildman–Crippen MR) is 97.2 cm³/mol. The lowest BCUT2D eigenvalue weighted by Gasteiger charge is -2.18. The normalized spacial score (nSPS) is 14.9. The third-order valence-electron chi connectivity index (χ3n) is 4.84. The van der Waals surface area contributed by atoms with E-state index in [9.17, 15) is 4.79 Å². The van der Waals surface area contributed by atoms with Crippen LogP contribution in [0.4, 0.5) is 0 Å². The van der Waals surface area contributed by atoms with Crippen LogP contribution in [0.25, 0.3) is 0 Å². The second kappa shape index (κ2) is 8.65. The lowest BCUT2D eigenvalue weighted by atomic mass is 9.90. The first-order valence-electron chi connectivity index (χ1n) is 9.06. The quantitative estimate of drug-likeness (QED) is 0.751. The average Bonchev–Trinajstić information content (AvgIpc) is 3.14. The highest BCUT2D eigenvalue weighted by atomic mass is 16.1. The summed E-state index contributed by atoms with van der Waals surface area (Å²) in [4.78, 5) is 14.5. The molecule has 1 heterocycles. The van der Waals surface area contributed by atoms with Gasteiger partial charge in [-0.1, -0.05) is 60.7 Å². The third-order valence-corrected chi connectivity index (χ3v) is 4.84. The SMILES string of the molecule is O=C(NCCC[NH+]1CCCC1)C(c1ccccc1)c1ccccc1. The van der Waals surface area contributed by atoms with E-state index in [4.69, 9.17) is 0 Å². The minimum absolute atomic E-state index is 0.101. The van der Waals surface area contributed by atoms with Gasteiger partial charge in [0.1, 0.15) is 0 Å². The van der Waals surface area contributed by atoms with E-state index in [0.717, 1.165) is 24.1 Å². The summed E-state index contributed by atoms with van der Waals surface area (Å²) in [5.74, 6) is -0.129. The van der Waals surface area contributed by atoms with Gasteiger partial charge in [-0.05, 0) is 11.1 Å². The fourth-order valence-corrected chi connectivity index (χ4v) is 3.56. The summed E-state index contributed by atoms with van der Waals surface area (Å²) in [6.07, 6.45) is 3.76. The Morgan fingerprint density at radius 3 is 2.00 bits per heavy atom. The Balaban J connectivity index is 1.61. The van der Waals surface area contributed by atoms with Crippen LogP contribution in [0.3, 0.4) is 0 Å². The van der Waals surface area contributed by atoms with Gasteiger partial charge < -0.3 is 10.2 Å². The van der Waals surface area contributed by atoms with Gasteiger partial charge in [0, 0.05) is 25.8 Å². The molecule has 1 aliphatic rings. The summed E-state index contributed by atoms with van der Waals surface area (Å²) >= 11 is 0. The Labute approximate surface area is 144 Å². The van der Waals surface area contributed by atoms with E-state index < -0.39 is 0 Å². The van der Waals surface area contributed by atoms with Gasteiger partial charge in [0.2, 0.25) is 5.91 Å². The van der Waals surface area contributed by atoms with E-state index in [-0.39, 0.29) is 11.8 Å². The van der Waals surface area contributed by atoms with Crippen LogP contribution < -0.4 is 10.2 Å². The molecule has 2 N–H and O–H groups in total. The number of quaternary nitrogens is 1. The highest BCUT2D eigenvalue weighted by Crippen LogP contribution is 2.24. The van der Waals surface area contributed by atoms with Gasteiger partial charge in [0.25, 0.3) is 0 Å². The van der Waals surface area contributed by atoms with Crippen molar-refractivity contribution in [2.75, 3.05) is 26.2 Å². The van der Waals surface area contributed by atoms with E-state index in [1.54, 1.807) is 4.90 Å². The molecule has 1 aliphatic heterocycles. The number of hydrogen-bond acceptors (Lipinski definition) is 1. The molecule has 3 nitrogen and oxygen atoms in total. The summed E-state index contributed by atoms with van der Waals surface area (Å²) in [5, 5.41) is 3.15. The van der Waals surface area contributed by atoms with Gasteiger partial charge in [-0.15, -0.1) is 0 Å². The minimum Gasteiger partial charge on any atom is -0.355 e. The van der Waals surface area contributed by atoms with Crippen LogP contribution in [0, 0.1) is 0 Å². The van der Waals surface area contributed by atoms with Gasteiger partial charge in [-0.2, -0.15) is 0 Å². The molecule has 0 aromatic heterocycles. The molecule has 126 valence electrons. The highest BCUT2D eigenvalue weighted by Gasteiger charge is 2.22. The summed E-state index contributed by atoms with van der Waals surface area (Å²) < 4.78 is 0. The maximum atomic E-state index is 12.8. The predicted octanol–water partition coefficient (Wildman–Crippen LogP) is 2.00. The zero-order valence-corrected chi connectivity index (χ0v) is 14.2. The third kappa shape index (κ3) is 4.45. The van der Waals surface area contributed by atoms with Crippen molar-refractivity contribution in [2.24, 2.45) is 0 Å². The van der Waals surface area contributed by atoms with Gasteiger partial charge in [-0.3, -0.25) is 4.79 Å². The molecule has 0 spiro atoms. The Kier molecular flexibility index (Phi) is 6.02. The van der Waals surface area contributed by atoms with Crippen molar-refractivity contribution >= 4 is 5.91 Å². The first kappa shape index (κ1) is 16.7. The molecular weight excluding hydrogens is 296 g/mol. The van der Waals surface area contributed by atoms with Crippen molar-refractivity contribution in [3.8, 4) is 0 Å². The molecule has 3 rings (SSSR count). The van der Waals surface area contributed by atoms with Gasteiger partial charge >= 0.3 is 0 Å². The Hall–Kier alpha value is -2.13. The Morgan fingerprint density at radius 1 is 0.917 bits per heavy atom. The van der Waals surface area contributed by atoms with Crippen LogP contribution >= 0.6 is 0 Å². The molecule has 24 heavy (non-hydrogen) atoms. The van der Waals surface area contributed by atoms with Crippen molar-refractivity contribution < 1.29 is 9.69 Å². The fourth-order valence-electron chi connectivity index (χ4n) is 3.56. The van der Waals surface area contributed by atoms with Crippen LogP contribution in [-0.2, 0) is 4.79 Å². The zero-order chi connectivity index (χ0) is 16.6. The molecule has 0 unspecified atom stereocenters. The standard InChI is InChI=1S/C21H26N2O/c24-21(22-14-9-17-23-15-7-8-16-23)20(18-10-3-1-4-11-18)19-12-5-2-6-13-19/h1-6,10-13,20H,7-9,14-17H2,(H,22,24)/p+1. The number of benzene rings is 2. The molecule has 3 heteroatoms. The van der Waals surface area contributed by atoms with Crippen LogP contribution in [0.1, 0.15) is 36.3 Å². The summed E-state index contributed by atoms with van der Waals surface area (Å²) in [5.41, 5.74) is 2.10. The maximum Gasteiger partial charge on any atom is 0.232 e. The Bertz CT molecular complexity index is 581. The van der Waals surface area contributed by atoms with Crippen molar-refractivity contribution in [1.82, 2.24) is 5.32 Å². The first-order valence-corrected chi connectivity index (χ1v) is 9.06. The smallest absolute Gasteiger partial charge is 0.232 e. The van der Waals surface area contributed by atoms with E-state index in [1.165, 1.54) is 32.5 Å². The molecule has 0 radical (unpaired) electrons. The molecule has 1 saturated heterocycles. The number of hydrogen-bond donors (Lipinski definition) is 2. The zero-order valence-electron chi connectivity index (χ0n) is 14.2. The molecule has 1 amide bonds. The molecule has 0 atom stereocenters. The van der Waals surface area contributed by atoms with E-state index >= 15 is 0 Å². The molecular formula is C21H27N2O+. The lowest BCUT2D eigenvalue weighted by molar-refractivity contribution is -0.887. The van der Waals surface area contributed by atoms with Crippen LogP contribution in [0.5, 0.6) is 0 Å². The second-order valence-corrected chi connectivity index (χ2v) is 6.61. The first-order chi connectivity index (χ1) is 11.8. The number of amides is 1. The van der Waals surface area contributed by atoms with E-state index in [2.05, 4.69) is 5.32 Å². The monoisotopic (exact) mass is 323 g/mol. The Morgan fingerprint density at radius 2 is 1.46 bits per heavy atom. The maximum absolute atomic E-state index is 12.8. The number of carbonyl (C=O) groups is 1. The molecule has 2 aromatic carbocycles. The summed E-state index contributed by atoms with van der Waals surface area (Å²) in [7, 11) is 0. The molecule has 0 bridgehead atoms. The second-order valence-electron chi connectivity index (χ2n) is 6.61. The largest absolute Gasteiger partial charge is 0.355 e. The topological polar surface area (TPSA) is 33.5 Å². The van der Waals surface area contributed by atoms with Crippen molar-refractivity contribution in [1.29, 1.82) is 0 Å². The number of carbonyl (C=O) groups excluding carboxylic acids is 1. The van der Waals surface area contributed by atoms with E-state index in [0.29, 0.717) is 0 Å². The number of nitrogens with one attached hydrogen (secondary N) is 2. The summed E-state index contributed by atoms with van der Waals surface area (Å²) in [6, 6.07) is 20.1. The van der Waals surface area contributed by atoms with Gasteiger partial charge in [0.05, 0.1) is 25.6 Å². The van der Waals surface area contributed by atoms with E-state index in [1.807, 2.05) is 60.7 Å². The van der Waals surface area contributed by atoms with Crippen LogP contribution in [0.15, 0.2) is 60.7 Å². The fraction of sp³-hybridized carbons (Fsp3) is 0.381. The molecule has 1 fully saturated rings. The lowest BCUT2D eigenvalue weighted by Crippen LogP contribution is -3.10. The van der Waals surface area contributed by atoms with Gasteiger partial charge in [-0.25, -0.2) is 0 Å². The van der Waals surface area contributed by atoms with Crippen LogP contribution in [-0.4, -0.2) is 32.1 Å². The molecule has 0 saturated carbocycles. The molecule has 2 aromatic rings. The molecule has 0 aliphatic carbocycles. The van der Waals surface area contributed by atoms with Gasteiger partial charge in [0.15, 0.2) is 0 Å².